The number of rotatable bonds is 1. The lowest BCUT2D eigenvalue weighted by molar-refractivity contribution is -0.302. The average Bonchev–Trinajstić information content (AvgIpc) is 3.01. The minimum atomic E-state index is -0.301. The van der Waals surface area contributed by atoms with Crippen LogP contribution in [0.3, 0.4) is 0 Å². The van der Waals surface area contributed by atoms with Gasteiger partial charge in [-0.3, -0.25) is 0 Å². The molecule has 0 fully saturated rings. The fourth-order valence-corrected chi connectivity index (χ4v) is 2.32. The summed E-state index contributed by atoms with van der Waals surface area (Å²) in [6, 6.07) is 15.4. The van der Waals surface area contributed by atoms with Crippen LogP contribution in [0, 0.1) is 0 Å². The lowest BCUT2D eigenvalue weighted by Gasteiger charge is -2.13. The van der Waals surface area contributed by atoms with Crippen molar-refractivity contribution in [2.45, 2.75) is 12.2 Å². The molecular weight excluding hydrogens is 232 g/mol. The Morgan fingerprint density at radius 3 is 1.56 bits per heavy atom. The highest BCUT2D eigenvalue weighted by molar-refractivity contribution is 5.42. The summed E-state index contributed by atoms with van der Waals surface area (Å²) < 4.78 is 0. The van der Waals surface area contributed by atoms with Crippen molar-refractivity contribution in [1.82, 2.24) is 0 Å². The normalized spacial score (nSPS) is 24.0. The molecule has 0 aliphatic carbocycles. The van der Waals surface area contributed by atoms with Gasteiger partial charge in [0.05, 0.1) is 0 Å². The van der Waals surface area contributed by atoms with Gasteiger partial charge in [-0.1, -0.05) is 36.4 Å². The van der Waals surface area contributed by atoms with E-state index in [0.717, 1.165) is 22.6 Å². The molecule has 0 radical (unpaired) electrons. The largest absolute Gasteiger partial charge is 0.336 e. The zero-order chi connectivity index (χ0) is 11.9. The summed E-state index contributed by atoms with van der Waals surface area (Å²) >= 11 is 0. The molecule has 2 atom stereocenters. The average molecular weight is 242 g/mol. The third kappa shape index (κ3) is 1.33. The van der Waals surface area contributed by atoms with Crippen LogP contribution >= 0.6 is 0 Å². The summed E-state index contributed by atoms with van der Waals surface area (Å²) in [4.78, 5) is 21.1. The minimum absolute atomic E-state index is 0.301. The molecular formula is C14H10O4. The predicted octanol–water partition coefficient (Wildman–Crippen LogP) is 3.12. The second-order valence-corrected chi connectivity index (χ2v) is 4.28. The highest BCUT2D eigenvalue weighted by Gasteiger charge is 2.40. The van der Waals surface area contributed by atoms with Crippen LogP contribution in [0.5, 0.6) is 11.5 Å². The van der Waals surface area contributed by atoms with Crippen molar-refractivity contribution in [2.75, 3.05) is 0 Å². The predicted molar refractivity (Wildman–Crippen MR) is 61.8 cm³/mol. The van der Waals surface area contributed by atoms with Gasteiger partial charge < -0.3 is 9.78 Å². The third-order valence-corrected chi connectivity index (χ3v) is 3.21. The van der Waals surface area contributed by atoms with Gasteiger partial charge in [-0.05, 0) is 12.1 Å². The molecule has 2 aliphatic rings. The Labute approximate surface area is 104 Å². The fourth-order valence-electron chi connectivity index (χ4n) is 2.32. The first-order valence-electron chi connectivity index (χ1n) is 5.78. The Kier molecular flexibility index (Phi) is 2.06. The molecule has 0 spiro atoms. The number of hydrogen-bond donors (Lipinski definition) is 0. The van der Waals surface area contributed by atoms with Crippen molar-refractivity contribution in [3.05, 3.63) is 59.7 Å². The van der Waals surface area contributed by atoms with Gasteiger partial charge in [0.15, 0.2) is 23.7 Å². The Morgan fingerprint density at radius 2 is 1.06 bits per heavy atom. The van der Waals surface area contributed by atoms with Gasteiger partial charge in [0, 0.05) is 11.1 Å². The summed E-state index contributed by atoms with van der Waals surface area (Å²) in [5.74, 6) is 1.46. The monoisotopic (exact) mass is 242 g/mol. The van der Waals surface area contributed by atoms with Crippen LogP contribution in [0.15, 0.2) is 48.5 Å². The van der Waals surface area contributed by atoms with Crippen LogP contribution in [0.1, 0.15) is 23.3 Å². The molecule has 2 aromatic rings. The molecule has 18 heavy (non-hydrogen) atoms. The van der Waals surface area contributed by atoms with Crippen LogP contribution < -0.4 is 9.78 Å². The van der Waals surface area contributed by atoms with Crippen molar-refractivity contribution in [3.63, 3.8) is 0 Å². The quantitative estimate of drug-likeness (QED) is 0.720. The molecule has 2 aromatic carbocycles. The van der Waals surface area contributed by atoms with Crippen molar-refractivity contribution in [2.24, 2.45) is 0 Å². The highest BCUT2D eigenvalue weighted by atomic mass is 17.2. The van der Waals surface area contributed by atoms with Gasteiger partial charge >= 0.3 is 0 Å². The molecule has 0 N–H and O–H groups in total. The van der Waals surface area contributed by atoms with E-state index in [-0.39, 0.29) is 12.2 Å². The number of hydrogen-bond acceptors (Lipinski definition) is 4. The molecule has 4 nitrogen and oxygen atoms in total. The SMILES string of the molecule is c1ccc2c(c1)OOC2C1OOc2ccccc21. The van der Waals surface area contributed by atoms with Gasteiger partial charge in [-0.15, -0.1) is 0 Å². The minimum Gasteiger partial charge on any atom is -0.336 e. The van der Waals surface area contributed by atoms with E-state index < -0.39 is 0 Å². The zero-order valence-corrected chi connectivity index (χ0v) is 9.41. The van der Waals surface area contributed by atoms with E-state index in [1.807, 2.05) is 48.5 Å². The van der Waals surface area contributed by atoms with Gasteiger partial charge in [-0.2, -0.15) is 9.78 Å². The van der Waals surface area contributed by atoms with Crippen LogP contribution in [-0.2, 0) is 9.78 Å². The molecule has 0 amide bonds. The third-order valence-electron chi connectivity index (χ3n) is 3.21. The topological polar surface area (TPSA) is 36.9 Å². The van der Waals surface area contributed by atoms with E-state index >= 15 is 0 Å². The molecule has 0 saturated heterocycles. The van der Waals surface area contributed by atoms with E-state index in [1.165, 1.54) is 0 Å². The summed E-state index contributed by atoms with van der Waals surface area (Å²) in [5.41, 5.74) is 1.95. The first-order chi connectivity index (χ1) is 8.93. The van der Waals surface area contributed by atoms with Gasteiger partial charge in [0.2, 0.25) is 0 Å². The zero-order valence-electron chi connectivity index (χ0n) is 9.41. The van der Waals surface area contributed by atoms with E-state index in [0.29, 0.717) is 0 Å². The Balaban J connectivity index is 1.75. The summed E-state index contributed by atoms with van der Waals surface area (Å²) in [6.45, 7) is 0. The maximum Gasteiger partial charge on any atom is 0.171 e. The van der Waals surface area contributed by atoms with Crippen molar-refractivity contribution >= 4 is 0 Å². The molecule has 0 aromatic heterocycles. The second kappa shape index (κ2) is 3.73. The van der Waals surface area contributed by atoms with E-state index in [4.69, 9.17) is 19.6 Å². The van der Waals surface area contributed by atoms with E-state index in [2.05, 4.69) is 0 Å². The first-order valence-corrected chi connectivity index (χ1v) is 5.78. The molecule has 4 heteroatoms. The van der Waals surface area contributed by atoms with Crippen LogP contribution in [0.25, 0.3) is 0 Å². The van der Waals surface area contributed by atoms with Gasteiger partial charge in [-0.25, -0.2) is 0 Å². The van der Waals surface area contributed by atoms with Crippen LogP contribution in [0.4, 0.5) is 0 Å². The Morgan fingerprint density at radius 1 is 0.611 bits per heavy atom. The maximum absolute atomic E-state index is 5.36. The molecule has 2 aliphatic heterocycles. The number of fused-ring (bicyclic) bond motifs is 2. The fraction of sp³-hybridized carbons (Fsp3) is 0.143. The van der Waals surface area contributed by atoms with E-state index in [9.17, 15) is 0 Å². The number of para-hydroxylation sites is 2. The van der Waals surface area contributed by atoms with Gasteiger partial charge in [0.1, 0.15) is 0 Å². The molecule has 90 valence electrons. The molecule has 2 unspecified atom stereocenters. The van der Waals surface area contributed by atoms with Crippen molar-refractivity contribution in [1.29, 1.82) is 0 Å². The van der Waals surface area contributed by atoms with Crippen molar-refractivity contribution in [3.8, 4) is 11.5 Å². The lowest BCUT2D eigenvalue weighted by atomic mass is 9.98. The summed E-state index contributed by atoms with van der Waals surface area (Å²) in [7, 11) is 0. The maximum atomic E-state index is 5.36. The van der Waals surface area contributed by atoms with E-state index in [1.54, 1.807) is 0 Å². The summed E-state index contributed by atoms with van der Waals surface area (Å²) in [5, 5.41) is 0. The molecule has 0 bridgehead atoms. The first kappa shape index (κ1) is 9.94. The summed E-state index contributed by atoms with van der Waals surface area (Å²) in [6.07, 6.45) is -0.602. The van der Waals surface area contributed by atoms with Crippen LogP contribution in [0.2, 0.25) is 0 Å². The Bertz CT molecular complexity index is 542. The van der Waals surface area contributed by atoms with Gasteiger partial charge in [0.25, 0.3) is 0 Å². The van der Waals surface area contributed by atoms with Crippen molar-refractivity contribution < 1.29 is 19.6 Å². The smallest absolute Gasteiger partial charge is 0.171 e. The molecule has 0 saturated carbocycles. The second-order valence-electron chi connectivity index (χ2n) is 4.28. The van der Waals surface area contributed by atoms with Crippen LogP contribution in [-0.4, -0.2) is 0 Å². The standard InChI is InChI=1S/C14H10O4/c1-3-7-11-9(5-1)13(17-15-11)14-10-6-2-4-8-12(10)16-18-14/h1-8,13-14H. The lowest BCUT2D eigenvalue weighted by Crippen LogP contribution is -2.10. The number of benzene rings is 2. The molecule has 2 heterocycles. The Hall–Kier alpha value is -2.04. The highest BCUT2D eigenvalue weighted by Crippen LogP contribution is 2.48. The molecule has 4 rings (SSSR count).